The molecule has 2 aromatic carbocycles. The van der Waals surface area contributed by atoms with E-state index >= 15 is 0 Å². The first-order chi connectivity index (χ1) is 13.9. The molecule has 0 unspecified atom stereocenters. The number of halogens is 1. The largest absolute Gasteiger partial charge is 0.496 e. The van der Waals surface area contributed by atoms with Crippen molar-refractivity contribution in [3.05, 3.63) is 58.6 Å². The highest BCUT2D eigenvalue weighted by atomic mass is 35.5. The number of hydrogen-bond acceptors (Lipinski definition) is 6. The Morgan fingerprint density at radius 3 is 2.38 bits per heavy atom. The maximum absolute atomic E-state index is 12.2. The first-order valence-corrected chi connectivity index (χ1v) is 9.40. The molecule has 0 aromatic heterocycles. The summed E-state index contributed by atoms with van der Waals surface area (Å²) in [5.41, 5.74) is 0.966. The fourth-order valence-electron chi connectivity index (χ4n) is 2.33. The fourth-order valence-corrected chi connectivity index (χ4v) is 2.50. The summed E-state index contributed by atoms with van der Waals surface area (Å²) in [5, 5.41) is 2.92. The molecule has 1 N–H and O–H groups in total. The molecule has 0 fully saturated rings. The van der Waals surface area contributed by atoms with Crippen LogP contribution in [0.4, 0.5) is 5.69 Å². The number of ether oxygens (including phenoxy) is 3. The van der Waals surface area contributed by atoms with Crippen LogP contribution in [0.1, 0.15) is 40.5 Å². The van der Waals surface area contributed by atoms with Crippen molar-refractivity contribution < 1.29 is 28.6 Å². The summed E-state index contributed by atoms with van der Waals surface area (Å²) < 4.78 is 15.2. The highest BCUT2D eigenvalue weighted by Crippen LogP contribution is 2.23. The Kier molecular flexibility index (Phi) is 8.48. The molecule has 0 spiro atoms. The zero-order valence-corrected chi connectivity index (χ0v) is 17.0. The third-order valence-electron chi connectivity index (χ3n) is 3.85. The van der Waals surface area contributed by atoms with Crippen LogP contribution in [0.15, 0.2) is 42.5 Å². The van der Waals surface area contributed by atoms with Crippen molar-refractivity contribution in [2.75, 3.05) is 25.6 Å². The second-order valence-corrected chi connectivity index (χ2v) is 6.47. The summed E-state index contributed by atoms with van der Waals surface area (Å²) in [6.07, 6.45) is 1.74. The Bertz CT molecular complexity index is 866. The quantitative estimate of drug-likeness (QED) is 0.486. The zero-order valence-electron chi connectivity index (χ0n) is 16.2. The first kappa shape index (κ1) is 22.2. The van der Waals surface area contributed by atoms with E-state index in [1.807, 2.05) is 6.92 Å². The van der Waals surface area contributed by atoms with Gasteiger partial charge in [0.1, 0.15) is 11.3 Å². The van der Waals surface area contributed by atoms with Gasteiger partial charge in [-0.15, -0.1) is 0 Å². The second kappa shape index (κ2) is 11.1. The Morgan fingerprint density at radius 2 is 1.72 bits per heavy atom. The van der Waals surface area contributed by atoms with Gasteiger partial charge in [-0.3, -0.25) is 4.79 Å². The summed E-state index contributed by atoms with van der Waals surface area (Å²) in [4.78, 5) is 36.0. The number of benzene rings is 2. The van der Waals surface area contributed by atoms with E-state index in [1.165, 1.54) is 19.2 Å². The molecule has 1 amide bonds. The average Bonchev–Trinajstić information content (AvgIpc) is 2.72. The third kappa shape index (κ3) is 6.80. The molecule has 0 aliphatic rings. The number of nitrogens with one attached hydrogen (secondary N) is 1. The van der Waals surface area contributed by atoms with Gasteiger partial charge in [0.25, 0.3) is 5.91 Å². The molecule has 0 aliphatic carbocycles. The fraction of sp³-hybridized carbons (Fsp3) is 0.286. The van der Waals surface area contributed by atoms with E-state index in [0.29, 0.717) is 28.6 Å². The summed E-state index contributed by atoms with van der Waals surface area (Å²) >= 11 is 5.88. The van der Waals surface area contributed by atoms with Gasteiger partial charge in [-0.05, 0) is 48.9 Å². The van der Waals surface area contributed by atoms with Gasteiger partial charge in [-0.1, -0.05) is 24.9 Å². The number of carbonyl (C=O) groups is 3. The molecule has 154 valence electrons. The first-order valence-electron chi connectivity index (χ1n) is 9.02. The number of unbranched alkanes of at least 4 members (excludes halogenated alkanes) is 1. The van der Waals surface area contributed by atoms with Gasteiger partial charge < -0.3 is 19.5 Å². The molecule has 2 aromatic rings. The normalized spacial score (nSPS) is 10.2. The van der Waals surface area contributed by atoms with Crippen LogP contribution < -0.4 is 10.1 Å². The molecule has 0 saturated carbocycles. The van der Waals surface area contributed by atoms with Gasteiger partial charge in [0.05, 0.1) is 19.3 Å². The Morgan fingerprint density at radius 1 is 1.00 bits per heavy atom. The summed E-state index contributed by atoms with van der Waals surface area (Å²) in [5.74, 6) is -1.38. The molecule has 29 heavy (non-hydrogen) atoms. The lowest BCUT2D eigenvalue weighted by atomic mass is 10.2. The van der Waals surface area contributed by atoms with Crippen LogP contribution in [0, 0.1) is 0 Å². The minimum absolute atomic E-state index is 0.124. The predicted octanol–water partition coefficient (Wildman–Crippen LogP) is 4.10. The Labute approximate surface area is 173 Å². The maximum atomic E-state index is 12.2. The second-order valence-electron chi connectivity index (χ2n) is 6.04. The van der Waals surface area contributed by atoms with Gasteiger partial charge >= 0.3 is 11.9 Å². The summed E-state index contributed by atoms with van der Waals surface area (Å²) in [7, 11) is 1.41. The van der Waals surface area contributed by atoms with Gasteiger partial charge in [-0.2, -0.15) is 0 Å². The topological polar surface area (TPSA) is 90.9 Å². The van der Waals surface area contributed by atoms with Gasteiger partial charge in [0.15, 0.2) is 6.61 Å². The van der Waals surface area contributed by atoms with Crippen molar-refractivity contribution in [1.29, 1.82) is 0 Å². The molecule has 7 nitrogen and oxygen atoms in total. The molecule has 0 radical (unpaired) electrons. The number of amides is 1. The van der Waals surface area contributed by atoms with Gasteiger partial charge in [0.2, 0.25) is 0 Å². The number of carbonyl (C=O) groups excluding carboxylic acids is 3. The average molecular weight is 420 g/mol. The maximum Gasteiger partial charge on any atom is 0.342 e. The monoisotopic (exact) mass is 419 g/mol. The van der Waals surface area contributed by atoms with Crippen LogP contribution in [0.25, 0.3) is 0 Å². The zero-order chi connectivity index (χ0) is 21.2. The van der Waals surface area contributed by atoms with E-state index in [0.717, 1.165) is 12.8 Å². The number of esters is 2. The van der Waals surface area contributed by atoms with Crippen molar-refractivity contribution in [3.8, 4) is 5.75 Å². The predicted molar refractivity (Wildman–Crippen MR) is 109 cm³/mol. The molecule has 8 heteroatoms. The Balaban J connectivity index is 1.87. The van der Waals surface area contributed by atoms with E-state index in [4.69, 9.17) is 25.8 Å². The Hall–Kier alpha value is -3.06. The minimum Gasteiger partial charge on any atom is -0.496 e. The summed E-state index contributed by atoms with van der Waals surface area (Å²) in [6, 6.07) is 10.7. The summed E-state index contributed by atoms with van der Waals surface area (Å²) in [6.45, 7) is 1.89. The molecule has 0 atom stereocenters. The molecule has 0 heterocycles. The highest BCUT2D eigenvalue weighted by molar-refractivity contribution is 6.31. The standard InChI is InChI=1S/C21H22ClNO6/c1-3-4-11-28-20(25)14-5-8-16(9-6-14)23-19(24)13-29-21(26)17-12-15(22)7-10-18(17)27-2/h5-10,12H,3-4,11,13H2,1-2H3,(H,23,24). The number of anilines is 1. The SMILES string of the molecule is CCCCOC(=O)c1ccc(NC(=O)COC(=O)c2cc(Cl)ccc2OC)cc1. The molecular weight excluding hydrogens is 398 g/mol. The van der Waals surface area contributed by atoms with Gasteiger partial charge in [-0.25, -0.2) is 9.59 Å². The van der Waals surface area contributed by atoms with E-state index in [9.17, 15) is 14.4 Å². The molecular formula is C21H22ClNO6. The van der Waals surface area contributed by atoms with Crippen molar-refractivity contribution in [3.63, 3.8) is 0 Å². The van der Waals surface area contributed by atoms with Crippen LogP contribution in [-0.4, -0.2) is 38.2 Å². The number of rotatable bonds is 9. The molecule has 0 aliphatic heterocycles. The molecule has 0 bridgehead atoms. The van der Waals surface area contributed by atoms with Crippen LogP contribution in [-0.2, 0) is 14.3 Å². The lowest BCUT2D eigenvalue weighted by Crippen LogP contribution is -2.21. The van der Waals surface area contributed by atoms with Crippen LogP contribution in [0.2, 0.25) is 5.02 Å². The van der Waals surface area contributed by atoms with Crippen molar-refractivity contribution in [1.82, 2.24) is 0 Å². The lowest BCUT2D eigenvalue weighted by molar-refractivity contribution is -0.119. The van der Waals surface area contributed by atoms with Crippen molar-refractivity contribution >= 4 is 35.1 Å². The van der Waals surface area contributed by atoms with Crippen LogP contribution in [0.5, 0.6) is 5.75 Å². The van der Waals surface area contributed by atoms with Crippen LogP contribution in [0.3, 0.4) is 0 Å². The van der Waals surface area contributed by atoms with E-state index in [-0.39, 0.29) is 5.56 Å². The van der Waals surface area contributed by atoms with Crippen molar-refractivity contribution in [2.45, 2.75) is 19.8 Å². The van der Waals surface area contributed by atoms with E-state index < -0.39 is 24.5 Å². The van der Waals surface area contributed by atoms with Crippen molar-refractivity contribution in [2.24, 2.45) is 0 Å². The number of methoxy groups -OCH3 is 1. The smallest absolute Gasteiger partial charge is 0.342 e. The molecule has 2 rings (SSSR count). The van der Waals surface area contributed by atoms with E-state index in [2.05, 4.69) is 5.32 Å². The van der Waals surface area contributed by atoms with E-state index in [1.54, 1.807) is 30.3 Å². The highest BCUT2D eigenvalue weighted by Gasteiger charge is 2.16. The third-order valence-corrected chi connectivity index (χ3v) is 4.09. The van der Waals surface area contributed by atoms with Gasteiger partial charge in [0, 0.05) is 10.7 Å². The van der Waals surface area contributed by atoms with Crippen LogP contribution >= 0.6 is 11.6 Å². The minimum atomic E-state index is -0.732. The molecule has 0 saturated heterocycles. The number of hydrogen-bond donors (Lipinski definition) is 1. The lowest BCUT2D eigenvalue weighted by Gasteiger charge is -2.10.